The van der Waals surface area contributed by atoms with Gasteiger partial charge in [-0.05, 0) is 43.7 Å². The molecule has 4 rings (SSSR count). The molecule has 1 aromatic heterocycles. The molecule has 0 spiro atoms. The number of nitrogens with one attached hydrogen (secondary N) is 2. The van der Waals surface area contributed by atoms with Crippen LogP contribution in [-0.4, -0.2) is 44.4 Å². The van der Waals surface area contributed by atoms with Crippen LogP contribution in [0.4, 0.5) is 4.79 Å². The first-order chi connectivity index (χ1) is 13.9. The molecule has 152 valence electrons. The third kappa shape index (κ3) is 3.87. The SMILES string of the molecule is Cc1nccn1Cc1cccc(CNC(=O)CN2C(=O)NC(C)(C3CC3)C2=O)c1. The zero-order chi connectivity index (χ0) is 20.6. The summed E-state index contributed by atoms with van der Waals surface area (Å²) in [4.78, 5) is 42.4. The number of benzene rings is 1. The van der Waals surface area contributed by atoms with Gasteiger partial charge in [-0.15, -0.1) is 0 Å². The van der Waals surface area contributed by atoms with Gasteiger partial charge >= 0.3 is 6.03 Å². The molecule has 1 aliphatic carbocycles. The zero-order valence-corrected chi connectivity index (χ0v) is 16.6. The lowest BCUT2D eigenvalue weighted by Gasteiger charge is -2.20. The van der Waals surface area contributed by atoms with Crippen molar-refractivity contribution in [2.24, 2.45) is 5.92 Å². The van der Waals surface area contributed by atoms with Gasteiger partial charge in [0.25, 0.3) is 5.91 Å². The minimum atomic E-state index is -0.864. The fourth-order valence-electron chi connectivity index (χ4n) is 3.80. The summed E-state index contributed by atoms with van der Waals surface area (Å²) >= 11 is 0. The van der Waals surface area contributed by atoms with Crippen LogP contribution in [-0.2, 0) is 22.7 Å². The number of imide groups is 1. The molecule has 1 saturated carbocycles. The van der Waals surface area contributed by atoms with Crippen LogP contribution in [0.2, 0.25) is 0 Å². The predicted octanol–water partition coefficient (Wildman–Crippen LogP) is 1.58. The molecule has 29 heavy (non-hydrogen) atoms. The molecule has 1 atom stereocenters. The standard InChI is InChI=1S/C21H25N5O3/c1-14-22-8-9-25(14)12-16-5-3-4-15(10-16)11-23-18(27)13-26-19(28)21(2,17-6-7-17)24-20(26)29/h3-5,8-10,17H,6-7,11-13H2,1-2H3,(H,23,27)(H,24,29). The third-order valence-electron chi connectivity index (χ3n) is 5.75. The van der Waals surface area contributed by atoms with E-state index in [4.69, 9.17) is 0 Å². The Labute approximate surface area is 169 Å². The molecular weight excluding hydrogens is 370 g/mol. The smallest absolute Gasteiger partial charge is 0.325 e. The Morgan fingerprint density at radius 2 is 2.07 bits per heavy atom. The van der Waals surface area contributed by atoms with Gasteiger partial charge < -0.3 is 15.2 Å². The number of imidazole rings is 1. The number of hydrogen-bond acceptors (Lipinski definition) is 4. The number of rotatable bonds is 7. The summed E-state index contributed by atoms with van der Waals surface area (Å²) in [7, 11) is 0. The van der Waals surface area contributed by atoms with Crippen LogP contribution < -0.4 is 10.6 Å². The van der Waals surface area contributed by atoms with Crippen molar-refractivity contribution in [3.05, 3.63) is 53.6 Å². The molecule has 2 N–H and O–H groups in total. The van der Waals surface area contributed by atoms with E-state index in [9.17, 15) is 14.4 Å². The summed E-state index contributed by atoms with van der Waals surface area (Å²) in [5.41, 5.74) is 1.19. The van der Waals surface area contributed by atoms with E-state index in [1.807, 2.05) is 42.0 Å². The van der Waals surface area contributed by atoms with Crippen molar-refractivity contribution in [2.75, 3.05) is 6.54 Å². The Bertz CT molecular complexity index is 965. The lowest BCUT2D eigenvalue weighted by atomic mass is 9.96. The van der Waals surface area contributed by atoms with E-state index >= 15 is 0 Å². The molecule has 2 fully saturated rings. The number of hydrogen-bond donors (Lipinski definition) is 2. The van der Waals surface area contributed by atoms with Gasteiger partial charge in [0.2, 0.25) is 5.91 Å². The van der Waals surface area contributed by atoms with Crippen LogP contribution in [0, 0.1) is 12.8 Å². The van der Waals surface area contributed by atoms with Crippen molar-refractivity contribution < 1.29 is 14.4 Å². The fraction of sp³-hybridized carbons (Fsp3) is 0.429. The highest BCUT2D eigenvalue weighted by atomic mass is 16.2. The summed E-state index contributed by atoms with van der Waals surface area (Å²) in [6.45, 7) is 4.47. The number of carbonyl (C=O) groups is 3. The number of urea groups is 1. The Hall–Kier alpha value is -3.16. The van der Waals surface area contributed by atoms with E-state index in [1.54, 1.807) is 13.1 Å². The Kier molecular flexibility index (Phi) is 4.86. The van der Waals surface area contributed by atoms with Gasteiger partial charge in [0, 0.05) is 25.5 Å². The van der Waals surface area contributed by atoms with Gasteiger partial charge in [0.1, 0.15) is 17.9 Å². The number of nitrogens with zero attached hydrogens (tertiary/aromatic N) is 3. The van der Waals surface area contributed by atoms with Gasteiger partial charge in [-0.3, -0.25) is 14.5 Å². The van der Waals surface area contributed by atoms with E-state index in [1.165, 1.54) is 0 Å². The van der Waals surface area contributed by atoms with Crippen LogP contribution in [0.25, 0.3) is 0 Å². The zero-order valence-electron chi connectivity index (χ0n) is 16.6. The molecule has 2 heterocycles. The summed E-state index contributed by atoms with van der Waals surface area (Å²) in [5, 5.41) is 5.56. The van der Waals surface area contributed by atoms with Crippen LogP contribution in [0.15, 0.2) is 36.7 Å². The maximum Gasteiger partial charge on any atom is 0.325 e. The lowest BCUT2D eigenvalue weighted by molar-refractivity contribution is -0.135. The molecule has 1 aromatic carbocycles. The lowest BCUT2D eigenvalue weighted by Crippen LogP contribution is -2.46. The average Bonchev–Trinajstić information content (AvgIpc) is 3.44. The van der Waals surface area contributed by atoms with E-state index in [-0.39, 0.29) is 24.3 Å². The van der Waals surface area contributed by atoms with Crippen molar-refractivity contribution >= 4 is 17.8 Å². The topological polar surface area (TPSA) is 96.3 Å². The van der Waals surface area contributed by atoms with E-state index < -0.39 is 11.6 Å². The average molecular weight is 395 g/mol. The summed E-state index contributed by atoms with van der Waals surface area (Å²) in [6.07, 6.45) is 5.55. The van der Waals surface area contributed by atoms with Gasteiger partial charge in [-0.2, -0.15) is 0 Å². The monoisotopic (exact) mass is 395 g/mol. The summed E-state index contributed by atoms with van der Waals surface area (Å²) in [6, 6.07) is 7.44. The van der Waals surface area contributed by atoms with E-state index in [0.29, 0.717) is 13.1 Å². The van der Waals surface area contributed by atoms with E-state index in [2.05, 4.69) is 15.6 Å². The van der Waals surface area contributed by atoms with Crippen molar-refractivity contribution in [3.8, 4) is 0 Å². The highest BCUT2D eigenvalue weighted by molar-refractivity contribution is 6.09. The Morgan fingerprint density at radius 3 is 2.76 bits per heavy atom. The van der Waals surface area contributed by atoms with Gasteiger partial charge in [0.15, 0.2) is 0 Å². The molecule has 8 heteroatoms. The van der Waals surface area contributed by atoms with Crippen molar-refractivity contribution in [1.29, 1.82) is 0 Å². The van der Waals surface area contributed by atoms with Crippen LogP contribution in [0.5, 0.6) is 0 Å². The first-order valence-electron chi connectivity index (χ1n) is 9.83. The summed E-state index contributed by atoms with van der Waals surface area (Å²) < 4.78 is 2.05. The molecule has 0 radical (unpaired) electrons. The van der Waals surface area contributed by atoms with Crippen LogP contribution in [0.3, 0.4) is 0 Å². The minimum absolute atomic E-state index is 0.175. The molecule has 4 amide bonds. The summed E-state index contributed by atoms with van der Waals surface area (Å²) in [5.74, 6) is 0.451. The second-order valence-corrected chi connectivity index (χ2v) is 8.00. The van der Waals surface area contributed by atoms with Crippen molar-refractivity contribution in [3.63, 3.8) is 0 Å². The third-order valence-corrected chi connectivity index (χ3v) is 5.75. The van der Waals surface area contributed by atoms with Crippen LogP contribution >= 0.6 is 0 Å². The second-order valence-electron chi connectivity index (χ2n) is 8.00. The van der Waals surface area contributed by atoms with Gasteiger partial charge in [-0.25, -0.2) is 9.78 Å². The first-order valence-corrected chi connectivity index (χ1v) is 9.83. The number of amides is 4. The Balaban J connectivity index is 1.33. The van der Waals surface area contributed by atoms with Crippen molar-refractivity contribution in [2.45, 2.75) is 45.3 Å². The number of carbonyl (C=O) groups excluding carboxylic acids is 3. The maximum absolute atomic E-state index is 12.6. The normalized spacial score (nSPS) is 21.4. The van der Waals surface area contributed by atoms with E-state index in [0.717, 1.165) is 34.7 Å². The predicted molar refractivity (Wildman–Crippen MR) is 106 cm³/mol. The largest absolute Gasteiger partial charge is 0.350 e. The first kappa shape index (κ1) is 19.2. The highest BCUT2D eigenvalue weighted by Gasteiger charge is 2.56. The molecular formula is C21H25N5O3. The van der Waals surface area contributed by atoms with Gasteiger partial charge in [-0.1, -0.05) is 24.3 Å². The quantitative estimate of drug-likeness (QED) is 0.696. The molecule has 1 saturated heterocycles. The van der Waals surface area contributed by atoms with Gasteiger partial charge in [0.05, 0.1) is 0 Å². The second kappa shape index (κ2) is 7.35. The van der Waals surface area contributed by atoms with Crippen LogP contribution in [0.1, 0.15) is 36.7 Å². The number of aromatic nitrogens is 2. The fourth-order valence-corrected chi connectivity index (χ4v) is 3.80. The molecule has 8 nitrogen and oxygen atoms in total. The van der Waals surface area contributed by atoms with Crippen molar-refractivity contribution in [1.82, 2.24) is 25.1 Å². The number of aryl methyl sites for hydroxylation is 1. The molecule has 0 bridgehead atoms. The highest BCUT2D eigenvalue weighted by Crippen LogP contribution is 2.42. The maximum atomic E-state index is 12.6. The molecule has 2 aliphatic rings. The molecule has 1 aliphatic heterocycles. The Morgan fingerprint density at radius 1 is 1.31 bits per heavy atom. The minimum Gasteiger partial charge on any atom is -0.350 e. The molecule has 1 unspecified atom stereocenters. The molecule has 2 aromatic rings.